The normalized spacial score (nSPS) is 37.6. The molecule has 0 radical (unpaired) electrons. The summed E-state index contributed by atoms with van der Waals surface area (Å²) in [7, 11) is 0. The second-order valence-corrected chi connectivity index (χ2v) is 6.69. The van der Waals surface area contributed by atoms with Crippen LogP contribution >= 0.6 is 0 Å². The second kappa shape index (κ2) is 5.60. The van der Waals surface area contributed by atoms with Crippen LogP contribution in [0.3, 0.4) is 0 Å². The summed E-state index contributed by atoms with van der Waals surface area (Å²) in [5.41, 5.74) is 0. The molecule has 2 fully saturated rings. The Balaban J connectivity index is 1.95. The molecule has 2 aliphatic rings. The summed E-state index contributed by atoms with van der Waals surface area (Å²) >= 11 is 0. The van der Waals surface area contributed by atoms with Crippen molar-refractivity contribution < 1.29 is 4.79 Å². The Labute approximate surface area is 111 Å². The Morgan fingerprint density at radius 3 is 2.39 bits per heavy atom. The van der Waals surface area contributed by atoms with Crippen molar-refractivity contribution in [3.8, 4) is 0 Å². The number of carbonyl (C=O) groups is 1. The fourth-order valence-corrected chi connectivity index (χ4v) is 3.35. The number of nitrogens with one attached hydrogen (secondary N) is 1. The van der Waals surface area contributed by atoms with Gasteiger partial charge >= 0.3 is 0 Å². The van der Waals surface area contributed by atoms with Gasteiger partial charge in [0.1, 0.15) is 0 Å². The second-order valence-electron chi connectivity index (χ2n) is 6.69. The van der Waals surface area contributed by atoms with E-state index in [0.717, 1.165) is 18.4 Å². The third kappa shape index (κ3) is 2.87. The van der Waals surface area contributed by atoms with Crippen molar-refractivity contribution in [3.05, 3.63) is 0 Å². The molecule has 18 heavy (non-hydrogen) atoms. The lowest BCUT2D eigenvalue weighted by molar-refractivity contribution is -0.131. The van der Waals surface area contributed by atoms with Gasteiger partial charge in [-0.2, -0.15) is 0 Å². The Bertz CT molecular complexity index is 295. The molecule has 0 bridgehead atoms. The number of hydrogen-bond acceptors (Lipinski definition) is 2. The third-order valence-corrected chi connectivity index (χ3v) is 4.63. The molecule has 1 heterocycles. The first-order valence-electron chi connectivity index (χ1n) is 7.55. The maximum atomic E-state index is 12.2. The van der Waals surface area contributed by atoms with E-state index in [2.05, 4.69) is 31.0 Å². The molecular weight excluding hydrogens is 224 g/mol. The summed E-state index contributed by atoms with van der Waals surface area (Å²) in [6.07, 6.45) is 5.50. The summed E-state index contributed by atoms with van der Waals surface area (Å²) in [6, 6.07) is -0.0000795. The standard InChI is InChI=1S/C15H28N2O/c1-10(2)14-16-12(4)15(18)17(14)9-13-7-5-11(3)6-8-13/h10-14,16H,5-9H2,1-4H3. The first-order chi connectivity index (χ1) is 8.49. The molecule has 1 amide bonds. The van der Waals surface area contributed by atoms with Gasteiger partial charge in [0.25, 0.3) is 0 Å². The molecule has 2 rings (SSSR count). The van der Waals surface area contributed by atoms with Crippen LogP contribution in [0.15, 0.2) is 0 Å². The Hall–Kier alpha value is -0.570. The molecule has 3 heteroatoms. The zero-order chi connectivity index (χ0) is 13.3. The topological polar surface area (TPSA) is 32.3 Å². The first-order valence-corrected chi connectivity index (χ1v) is 7.55. The van der Waals surface area contributed by atoms with Crippen LogP contribution in [0, 0.1) is 17.8 Å². The van der Waals surface area contributed by atoms with E-state index < -0.39 is 0 Å². The Morgan fingerprint density at radius 2 is 1.83 bits per heavy atom. The van der Waals surface area contributed by atoms with Gasteiger partial charge in [-0.25, -0.2) is 0 Å². The van der Waals surface area contributed by atoms with Crippen LogP contribution in [0.2, 0.25) is 0 Å². The fourth-order valence-electron chi connectivity index (χ4n) is 3.35. The summed E-state index contributed by atoms with van der Waals surface area (Å²) in [4.78, 5) is 14.3. The summed E-state index contributed by atoms with van der Waals surface area (Å²) < 4.78 is 0. The molecule has 104 valence electrons. The number of hydrogen-bond donors (Lipinski definition) is 1. The molecule has 1 saturated heterocycles. The van der Waals surface area contributed by atoms with Crippen molar-refractivity contribution in [2.45, 2.75) is 65.6 Å². The van der Waals surface area contributed by atoms with E-state index in [0.29, 0.717) is 11.8 Å². The van der Waals surface area contributed by atoms with Gasteiger partial charge in [-0.15, -0.1) is 0 Å². The number of carbonyl (C=O) groups excluding carboxylic acids is 1. The lowest BCUT2D eigenvalue weighted by Crippen LogP contribution is -2.44. The molecule has 2 atom stereocenters. The predicted octanol–water partition coefficient (Wildman–Crippen LogP) is 2.62. The van der Waals surface area contributed by atoms with E-state index in [1.807, 2.05) is 6.92 Å². The predicted molar refractivity (Wildman–Crippen MR) is 74.1 cm³/mol. The molecule has 1 N–H and O–H groups in total. The number of rotatable bonds is 3. The summed E-state index contributed by atoms with van der Waals surface area (Å²) in [5, 5.41) is 3.43. The van der Waals surface area contributed by atoms with Crippen LogP contribution in [0.25, 0.3) is 0 Å². The quantitative estimate of drug-likeness (QED) is 0.837. The van der Waals surface area contributed by atoms with Gasteiger partial charge in [0, 0.05) is 6.54 Å². The molecule has 1 aliphatic carbocycles. The molecule has 1 saturated carbocycles. The molecule has 3 nitrogen and oxygen atoms in total. The SMILES string of the molecule is CC1CCC(CN2C(=O)C(C)NC2C(C)C)CC1. The minimum atomic E-state index is -0.0000795. The highest BCUT2D eigenvalue weighted by molar-refractivity contribution is 5.83. The highest BCUT2D eigenvalue weighted by Crippen LogP contribution is 2.30. The number of nitrogens with zero attached hydrogens (tertiary/aromatic N) is 1. The lowest BCUT2D eigenvalue weighted by Gasteiger charge is -2.33. The average Bonchev–Trinajstić information content (AvgIpc) is 2.60. The molecule has 0 aromatic carbocycles. The van der Waals surface area contributed by atoms with Gasteiger partial charge in [0.2, 0.25) is 5.91 Å². The van der Waals surface area contributed by atoms with Gasteiger partial charge in [0.05, 0.1) is 12.2 Å². The van der Waals surface area contributed by atoms with Crippen LogP contribution in [0.5, 0.6) is 0 Å². The van der Waals surface area contributed by atoms with E-state index in [9.17, 15) is 4.79 Å². The molecule has 2 unspecified atom stereocenters. The zero-order valence-electron chi connectivity index (χ0n) is 12.3. The Morgan fingerprint density at radius 1 is 1.22 bits per heavy atom. The fraction of sp³-hybridized carbons (Fsp3) is 0.933. The van der Waals surface area contributed by atoms with Crippen LogP contribution in [-0.2, 0) is 4.79 Å². The molecule has 0 spiro atoms. The summed E-state index contributed by atoms with van der Waals surface area (Å²) in [5.74, 6) is 2.39. The van der Waals surface area contributed by atoms with Gasteiger partial charge in [0.15, 0.2) is 0 Å². The third-order valence-electron chi connectivity index (χ3n) is 4.63. The van der Waals surface area contributed by atoms with E-state index in [1.165, 1.54) is 25.7 Å². The van der Waals surface area contributed by atoms with E-state index >= 15 is 0 Å². The van der Waals surface area contributed by atoms with Gasteiger partial charge in [-0.05, 0) is 37.5 Å². The maximum Gasteiger partial charge on any atom is 0.240 e. The van der Waals surface area contributed by atoms with Crippen LogP contribution < -0.4 is 5.32 Å². The van der Waals surface area contributed by atoms with Crippen molar-refractivity contribution in [2.75, 3.05) is 6.54 Å². The minimum Gasteiger partial charge on any atom is -0.325 e. The van der Waals surface area contributed by atoms with Gasteiger partial charge in [-0.3, -0.25) is 10.1 Å². The monoisotopic (exact) mass is 252 g/mol. The van der Waals surface area contributed by atoms with Crippen LogP contribution in [-0.4, -0.2) is 29.6 Å². The van der Waals surface area contributed by atoms with Gasteiger partial charge in [-0.1, -0.05) is 33.6 Å². The molecule has 1 aliphatic heterocycles. The van der Waals surface area contributed by atoms with Crippen LogP contribution in [0.1, 0.15) is 53.4 Å². The first kappa shape index (κ1) is 13.9. The lowest BCUT2D eigenvalue weighted by atomic mass is 9.82. The van der Waals surface area contributed by atoms with Crippen molar-refractivity contribution >= 4 is 5.91 Å². The molecule has 0 aromatic rings. The van der Waals surface area contributed by atoms with Crippen molar-refractivity contribution in [3.63, 3.8) is 0 Å². The van der Waals surface area contributed by atoms with E-state index in [4.69, 9.17) is 0 Å². The minimum absolute atomic E-state index is 0.0000795. The van der Waals surface area contributed by atoms with Gasteiger partial charge < -0.3 is 4.90 Å². The molecule has 0 aromatic heterocycles. The summed E-state index contributed by atoms with van der Waals surface area (Å²) in [6.45, 7) is 9.68. The van der Waals surface area contributed by atoms with Crippen molar-refractivity contribution in [2.24, 2.45) is 17.8 Å². The Kier molecular flexibility index (Phi) is 4.31. The zero-order valence-corrected chi connectivity index (χ0v) is 12.3. The largest absolute Gasteiger partial charge is 0.325 e. The van der Waals surface area contributed by atoms with Crippen molar-refractivity contribution in [1.29, 1.82) is 0 Å². The van der Waals surface area contributed by atoms with Crippen LogP contribution in [0.4, 0.5) is 0 Å². The maximum absolute atomic E-state index is 12.2. The average molecular weight is 252 g/mol. The highest BCUT2D eigenvalue weighted by atomic mass is 16.2. The van der Waals surface area contributed by atoms with E-state index in [1.54, 1.807) is 0 Å². The number of amides is 1. The smallest absolute Gasteiger partial charge is 0.240 e. The molecular formula is C15H28N2O. The van der Waals surface area contributed by atoms with Crippen molar-refractivity contribution in [1.82, 2.24) is 10.2 Å². The van der Waals surface area contributed by atoms with E-state index in [-0.39, 0.29) is 12.2 Å². The highest BCUT2D eigenvalue weighted by Gasteiger charge is 2.38.